The van der Waals surface area contributed by atoms with Crippen molar-refractivity contribution in [1.82, 2.24) is 4.90 Å². The van der Waals surface area contributed by atoms with Gasteiger partial charge in [0.05, 0.1) is 5.25 Å². The minimum absolute atomic E-state index is 0.482. The zero-order chi connectivity index (χ0) is 24.3. The van der Waals surface area contributed by atoms with Gasteiger partial charge in [0.1, 0.15) is 0 Å². The topological polar surface area (TPSA) is 3.24 Å². The molecule has 4 heteroatoms. The average molecular weight is 528 g/mol. The first-order valence-electron chi connectivity index (χ1n) is 14.3. The van der Waals surface area contributed by atoms with Crippen molar-refractivity contribution in [2.75, 3.05) is 6.54 Å². The van der Waals surface area contributed by atoms with Gasteiger partial charge in [0.2, 0.25) is 0 Å². The third-order valence-electron chi connectivity index (χ3n) is 7.58. The van der Waals surface area contributed by atoms with E-state index in [0.29, 0.717) is 11.3 Å². The first kappa shape index (κ1) is 27.1. The summed E-state index contributed by atoms with van der Waals surface area (Å²) in [6, 6.07) is 9.79. The van der Waals surface area contributed by atoms with E-state index in [1.165, 1.54) is 99.6 Å². The van der Waals surface area contributed by atoms with Crippen LogP contribution in [-0.4, -0.2) is 17.5 Å². The van der Waals surface area contributed by atoms with E-state index in [4.69, 9.17) is 0 Å². The zero-order valence-corrected chi connectivity index (χ0v) is 24.4. The van der Waals surface area contributed by atoms with Crippen LogP contribution in [0.15, 0.2) is 52.4 Å². The monoisotopic (exact) mass is 527 g/mol. The second-order valence-corrected chi connectivity index (χ2v) is 13.4. The summed E-state index contributed by atoms with van der Waals surface area (Å²) < 4.78 is 0. The molecule has 35 heavy (non-hydrogen) atoms. The molecule has 2 aliphatic heterocycles. The standard InChI is InChI=1S/C31H45NS3/c1-3-5-7-9-11-13-17-25(18-14-12-10-8-6-4-2)32-23-26-27(24-32)31(29-20-16-22-34-29)35-30(26)28-19-15-21-33-28/h15-16,19-23,25,30H,3-14,17-18,24H2,1-2H3. The number of thiophene rings is 2. The highest BCUT2D eigenvalue weighted by molar-refractivity contribution is 8.09. The number of thioether (sulfide) groups is 1. The minimum Gasteiger partial charge on any atom is -0.370 e. The Kier molecular flexibility index (Phi) is 11.4. The van der Waals surface area contributed by atoms with E-state index in [9.17, 15) is 0 Å². The summed E-state index contributed by atoms with van der Waals surface area (Å²) in [5, 5.41) is 4.96. The molecule has 1 atom stereocenters. The van der Waals surface area contributed by atoms with Crippen molar-refractivity contribution in [3.8, 4) is 0 Å². The van der Waals surface area contributed by atoms with Crippen LogP contribution < -0.4 is 0 Å². The summed E-state index contributed by atoms with van der Waals surface area (Å²) in [6.07, 6.45) is 22.1. The van der Waals surface area contributed by atoms with Gasteiger partial charge in [-0.1, -0.05) is 103 Å². The Bertz CT molecular complexity index is 893. The van der Waals surface area contributed by atoms with E-state index in [2.05, 4.69) is 71.7 Å². The highest BCUT2D eigenvalue weighted by atomic mass is 32.2. The Morgan fingerprint density at radius 3 is 2.03 bits per heavy atom. The van der Waals surface area contributed by atoms with Gasteiger partial charge in [0.15, 0.2) is 0 Å². The van der Waals surface area contributed by atoms with E-state index in [1.807, 2.05) is 22.7 Å². The van der Waals surface area contributed by atoms with Crippen LogP contribution in [0.2, 0.25) is 0 Å². The number of nitrogens with zero attached hydrogens (tertiary/aromatic N) is 1. The number of unbranched alkanes of at least 4 members (excludes halogenated alkanes) is 10. The second kappa shape index (κ2) is 14.7. The highest BCUT2D eigenvalue weighted by Gasteiger charge is 2.38. The molecule has 0 fully saturated rings. The van der Waals surface area contributed by atoms with Crippen molar-refractivity contribution in [3.05, 3.63) is 62.1 Å². The molecule has 0 bridgehead atoms. The summed E-state index contributed by atoms with van der Waals surface area (Å²) in [5.41, 5.74) is 3.21. The van der Waals surface area contributed by atoms with Gasteiger partial charge in [-0.25, -0.2) is 0 Å². The van der Waals surface area contributed by atoms with Gasteiger partial charge < -0.3 is 4.90 Å². The maximum Gasteiger partial charge on any atom is 0.0705 e. The third-order valence-corrected chi connectivity index (χ3v) is 11.1. The lowest BCUT2D eigenvalue weighted by Gasteiger charge is -2.29. The summed E-state index contributed by atoms with van der Waals surface area (Å²) in [7, 11) is 0. The summed E-state index contributed by atoms with van der Waals surface area (Å²) >= 11 is 5.92. The Morgan fingerprint density at radius 1 is 0.800 bits per heavy atom. The largest absolute Gasteiger partial charge is 0.370 e. The van der Waals surface area contributed by atoms with Crippen molar-refractivity contribution in [3.63, 3.8) is 0 Å². The molecule has 2 aliphatic rings. The van der Waals surface area contributed by atoms with Gasteiger partial charge in [-0.3, -0.25) is 0 Å². The molecule has 0 saturated carbocycles. The summed E-state index contributed by atoms with van der Waals surface area (Å²) in [6.45, 7) is 5.75. The molecule has 2 aromatic rings. The first-order chi connectivity index (χ1) is 17.3. The van der Waals surface area contributed by atoms with Crippen LogP contribution in [0.1, 0.15) is 119 Å². The molecule has 0 N–H and O–H groups in total. The van der Waals surface area contributed by atoms with E-state index >= 15 is 0 Å². The van der Waals surface area contributed by atoms with Crippen LogP contribution in [0.3, 0.4) is 0 Å². The lowest BCUT2D eigenvalue weighted by Crippen LogP contribution is -2.29. The van der Waals surface area contributed by atoms with Crippen LogP contribution in [0.5, 0.6) is 0 Å². The average Bonchev–Trinajstić information content (AvgIpc) is 3.66. The van der Waals surface area contributed by atoms with Crippen molar-refractivity contribution in [1.29, 1.82) is 0 Å². The molecule has 1 unspecified atom stereocenters. The minimum atomic E-state index is 0.482. The number of hydrogen-bond donors (Lipinski definition) is 0. The van der Waals surface area contributed by atoms with Crippen LogP contribution in [0, 0.1) is 0 Å². The van der Waals surface area contributed by atoms with E-state index < -0.39 is 0 Å². The van der Waals surface area contributed by atoms with Crippen LogP contribution in [-0.2, 0) is 0 Å². The highest BCUT2D eigenvalue weighted by Crippen LogP contribution is 2.58. The maximum atomic E-state index is 2.76. The molecule has 2 aromatic heterocycles. The number of hydrogen-bond acceptors (Lipinski definition) is 4. The molecule has 0 aromatic carbocycles. The molecular weight excluding hydrogens is 483 g/mol. The fourth-order valence-electron chi connectivity index (χ4n) is 5.55. The summed E-state index contributed by atoms with van der Waals surface area (Å²) in [5.74, 6) is 0. The first-order valence-corrected chi connectivity index (χ1v) is 16.9. The maximum absolute atomic E-state index is 2.76. The Balaban J connectivity index is 1.44. The molecule has 192 valence electrons. The molecule has 4 rings (SSSR count). The lowest BCUT2D eigenvalue weighted by atomic mass is 9.99. The Morgan fingerprint density at radius 2 is 1.43 bits per heavy atom. The van der Waals surface area contributed by atoms with Crippen molar-refractivity contribution >= 4 is 39.3 Å². The predicted octanol–water partition coefficient (Wildman–Crippen LogP) is 11.1. The SMILES string of the molecule is CCCCCCCCC(CCCCCCCC)N1C=C2C(=C(c3cccs3)SC2c2cccs2)C1. The molecule has 0 amide bonds. The van der Waals surface area contributed by atoms with Gasteiger partial charge >= 0.3 is 0 Å². The van der Waals surface area contributed by atoms with E-state index in [-0.39, 0.29) is 0 Å². The third kappa shape index (κ3) is 7.52. The van der Waals surface area contributed by atoms with E-state index in [0.717, 1.165) is 6.54 Å². The molecular formula is C31H45NS3. The Hall–Kier alpha value is -0.970. The molecule has 0 saturated heterocycles. The fraction of sp³-hybridized carbons (Fsp3) is 0.613. The lowest BCUT2D eigenvalue weighted by molar-refractivity contribution is 0.263. The van der Waals surface area contributed by atoms with Crippen molar-refractivity contribution in [2.24, 2.45) is 0 Å². The second-order valence-electron chi connectivity index (χ2n) is 10.3. The van der Waals surface area contributed by atoms with E-state index in [1.54, 1.807) is 16.1 Å². The van der Waals surface area contributed by atoms with Gasteiger partial charge in [-0.15, -0.1) is 34.4 Å². The Labute approximate surface area is 227 Å². The zero-order valence-electron chi connectivity index (χ0n) is 22.0. The molecule has 4 heterocycles. The number of rotatable bonds is 17. The van der Waals surface area contributed by atoms with Crippen molar-refractivity contribution < 1.29 is 0 Å². The summed E-state index contributed by atoms with van der Waals surface area (Å²) in [4.78, 5) is 7.28. The fourth-order valence-corrected chi connectivity index (χ4v) is 8.84. The van der Waals surface area contributed by atoms with Crippen LogP contribution in [0.25, 0.3) is 4.91 Å². The van der Waals surface area contributed by atoms with Crippen LogP contribution >= 0.6 is 34.4 Å². The normalized spacial score (nSPS) is 17.6. The molecule has 0 aliphatic carbocycles. The van der Waals surface area contributed by atoms with Gasteiger partial charge in [0, 0.05) is 33.4 Å². The number of fused-ring (bicyclic) bond motifs is 1. The van der Waals surface area contributed by atoms with Crippen LogP contribution in [0.4, 0.5) is 0 Å². The van der Waals surface area contributed by atoms with Gasteiger partial charge in [-0.05, 0) is 46.9 Å². The molecule has 0 spiro atoms. The van der Waals surface area contributed by atoms with Gasteiger partial charge in [0.25, 0.3) is 0 Å². The smallest absolute Gasteiger partial charge is 0.0705 e. The molecule has 0 radical (unpaired) electrons. The van der Waals surface area contributed by atoms with Crippen molar-refractivity contribution in [2.45, 2.75) is 115 Å². The van der Waals surface area contributed by atoms with Gasteiger partial charge in [-0.2, -0.15) is 0 Å². The molecule has 1 nitrogen and oxygen atoms in total. The predicted molar refractivity (Wildman–Crippen MR) is 160 cm³/mol. The quantitative estimate of drug-likeness (QED) is 0.188.